The van der Waals surface area contributed by atoms with Crippen molar-refractivity contribution in [1.82, 2.24) is 10.3 Å². The molecule has 0 spiro atoms. The van der Waals surface area contributed by atoms with E-state index in [-0.39, 0.29) is 11.7 Å². The molecule has 0 aliphatic rings. The fraction of sp³-hybridized carbons (Fsp3) is 0.160. The van der Waals surface area contributed by atoms with Crippen LogP contribution in [-0.2, 0) is 0 Å². The third-order valence-electron chi connectivity index (χ3n) is 5.32. The summed E-state index contributed by atoms with van der Waals surface area (Å²) in [6.07, 6.45) is 1.81. The predicted octanol–water partition coefficient (Wildman–Crippen LogP) is 6.14. The molecule has 2 atom stereocenters. The molecule has 3 nitrogen and oxygen atoms in total. The second-order valence-corrected chi connectivity index (χ2v) is 7.75. The number of carbonyl (C=O) groups is 1. The molecule has 0 aliphatic heterocycles. The first-order valence-electron chi connectivity index (χ1n) is 9.77. The molecule has 146 valence electrons. The summed E-state index contributed by atoms with van der Waals surface area (Å²) < 4.78 is 0. The number of halogens is 1. The predicted molar refractivity (Wildman–Crippen MR) is 120 cm³/mol. The van der Waals surface area contributed by atoms with Crippen molar-refractivity contribution in [3.05, 3.63) is 107 Å². The van der Waals surface area contributed by atoms with E-state index in [1.165, 1.54) is 5.56 Å². The van der Waals surface area contributed by atoms with E-state index in [1.54, 1.807) is 0 Å². The number of nitrogens with one attached hydrogen (secondary N) is 2. The normalized spacial score (nSPS) is 13.3. The number of para-hydroxylation sites is 1. The molecule has 0 fully saturated rings. The van der Waals surface area contributed by atoms with Crippen molar-refractivity contribution in [2.24, 2.45) is 0 Å². The van der Waals surface area contributed by atoms with Gasteiger partial charge in [-0.05, 0) is 35.2 Å². The van der Waals surface area contributed by atoms with Crippen molar-refractivity contribution >= 4 is 28.3 Å². The molecule has 1 aromatic heterocycles. The number of aromatic nitrogens is 1. The molecular formula is C25H23ClN2O. The fourth-order valence-electron chi connectivity index (χ4n) is 3.64. The molecule has 4 rings (SSSR count). The first-order valence-corrected chi connectivity index (χ1v) is 10.2. The minimum Gasteiger partial charge on any atom is -0.360 e. The van der Waals surface area contributed by atoms with Gasteiger partial charge in [0.05, 0.1) is 6.04 Å². The van der Waals surface area contributed by atoms with Gasteiger partial charge in [-0.2, -0.15) is 0 Å². The summed E-state index contributed by atoms with van der Waals surface area (Å²) in [7, 11) is 0. The Morgan fingerprint density at radius 1 is 0.931 bits per heavy atom. The summed E-state index contributed by atoms with van der Waals surface area (Å²) in [4.78, 5) is 16.7. The number of Topliss-reactive ketones (excluding diaryl/α,β-unsaturated/α-hetero) is 1. The molecule has 1 heterocycles. The van der Waals surface area contributed by atoms with Crippen LogP contribution in [-0.4, -0.2) is 17.3 Å². The zero-order valence-corrected chi connectivity index (χ0v) is 17.0. The van der Waals surface area contributed by atoms with E-state index < -0.39 is 6.04 Å². The highest BCUT2D eigenvalue weighted by atomic mass is 35.5. The molecule has 0 amide bonds. The molecular weight excluding hydrogens is 380 g/mol. The third-order valence-corrected chi connectivity index (χ3v) is 5.57. The van der Waals surface area contributed by atoms with E-state index in [1.807, 2.05) is 85.1 Å². The van der Waals surface area contributed by atoms with E-state index in [2.05, 4.69) is 17.2 Å². The Bertz CT molecular complexity index is 1100. The summed E-state index contributed by atoms with van der Waals surface area (Å²) >= 11 is 6.01. The highest BCUT2D eigenvalue weighted by Gasteiger charge is 2.24. The van der Waals surface area contributed by atoms with Gasteiger partial charge < -0.3 is 10.3 Å². The van der Waals surface area contributed by atoms with Gasteiger partial charge in [0.15, 0.2) is 5.78 Å². The molecule has 0 unspecified atom stereocenters. The van der Waals surface area contributed by atoms with E-state index in [4.69, 9.17) is 11.6 Å². The Hall–Kier alpha value is -2.88. The van der Waals surface area contributed by atoms with E-state index in [0.717, 1.165) is 21.5 Å². The molecule has 0 radical (unpaired) electrons. The first-order chi connectivity index (χ1) is 14.1. The van der Waals surface area contributed by atoms with Crippen molar-refractivity contribution < 1.29 is 4.79 Å². The highest BCUT2D eigenvalue weighted by Crippen LogP contribution is 2.26. The van der Waals surface area contributed by atoms with Crippen molar-refractivity contribution in [2.75, 3.05) is 6.54 Å². The second kappa shape index (κ2) is 8.64. The minimum absolute atomic E-state index is 0.0666. The van der Waals surface area contributed by atoms with Gasteiger partial charge in [0.25, 0.3) is 0 Å². The molecule has 0 bridgehead atoms. The Morgan fingerprint density at radius 2 is 1.62 bits per heavy atom. The average Bonchev–Trinajstić information content (AvgIpc) is 3.19. The molecule has 3 aromatic carbocycles. The molecule has 4 heteroatoms. The van der Waals surface area contributed by atoms with Crippen LogP contribution in [0.1, 0.15) is 40.4 Å². The van der Waals surface area contributed by atoms with Crippen molar-refractivity contribution in [3.8, 4) is 0 Å². The zero-order valence-electron chi connectivity index (χ0n) is 16.2. The van der Waals surface area contributed by atoms with Gasteiger partial charge in [-0.1, -0.05) is 79.2 Å². The number of carbonyl (C=O) groups excluding carboxylic acids is 1. The lowest BCUT2D eigenvalue weighted by atomic mass is 9.95. The summed E-state index contributed by atoms with van der Waals surface area (Å²) in [6.45, 7) is 2.82. The fourth-order valence-corrected chi connectivity index (χ4v) is 3.77. The lowest BCUT2D eigenvalue weighted by molar-refractivity contribution is 0.0944. The zero-order chi connectivity index (χ0) is 20.2. The van der Waals surface area contributed by atoms with E-state index in [9.17, 15) is 4.79 Å². The number of rotatable bonds is 7. The Balaban J connectivity index is 1.60. The lowest BCUT2D eigenvalue weighted by Gasteiger charge is -2.21. The number of ketones is 1. The molecule has 2 N–H and O–H groups in total. The largest absolute Gasteiger partial charge is 0.360 e. The van der Waals surface area contributed by atoms with Crippen LogP contribution in [0.4, 0.5) is 0 Å². The summed E-state index contributed by atoms with van der Waals surface area (Å²) in [5.41, 5.74) is 3.83. The van der Waals surface area contributed by atoms with Gasteiger partial charge in [-0.3, -0.25) is 4.79 Å². The maximum Gasteiger partial charge on any atom is 0.186 e. The Kier molecular flexibility index (Phi) is 5.79. The molecule has 0 saturated heterocycles. The quantitative estimate of drug-likeness (QED) is 0.365. The van der Waals surface area contributed by atoms with Crippen LogP contribution < -0.4 is 5.32 Å². The van der Waals surface area contributed by atoms with Gasteiger partial charge in [0.2, 0.25) is 0 Å². The summed E-state index contributed by atoms with van der Waals surface area (Å²) in [5, 5.41) is 5.18. The number of benzene rings is 3. The second-order valence-electron chi connectivity index (χ2n) is 7.32. The number of hydrogen-bond acceptors (Lipinski definition) is 2. The lowest BCUT2D eigenvalue weighted by Crippen LogP contribution is -2.31. The van der Waals surface area contributed by atoms with Crippen LogP contribution in [0.2, 0.25) is 5.02 Å². The van der Waals surface area contributed by atoms with Crippen molar-refractivity contribution in [2.45, 2.75) is 18.9 Å². The third kappa shape index (κ3) is 4.26. The van der Waals surface area contributed by atoms with E-state index >= 15 is 0 Å². The molecule has 29 heavy (non-hydrogen) atoms. The smallest absolute Gasteiger partial charge is 0.186 e. The van der Waals surface area contributed by atoms with Crippen LogP contribution in [0, 0.1) is 0 Å². The van der Waals surface area contributed by atoms with Crippen LogP contribution in [0.5, 0.6) is 0 Å². The number of hydrogen-bond donors (Lipinski definition) is 2. The van der Waals surface area contributed by atoms with Crippen LogP contribution in [0.15, 0.2) is 85.1 Å². The van der Waals surface area contributed by atoms with Crippen LogP contribution in [0.25, 0.3) is 10.9 Å². The average molecular weight is 403 g/mol. The minimum atomic E-state index is -0.412. The topological polar surface area (TPSA) is 44.9 Å². The highest BCUT2D eigenvalue weighted by molar-refractivity contribution is 6.30. The number of fused-ring (bicyclic) bond motifs is 1. The van der Waals surface area contributed by atoms with Gasteiger partial charge in [-0.15, -0.1) is 0 Å². The molecule has 0 aliphatic carbocycles. The van der Waals surface area contributed by atoms with Gasteiger partial charge >= 0.3 is 0 Å². The monoisotopic (exact) mass is 402 g/mol. The van der Waals surface area contributed by atoms with Crippen molar-refractivity contribution in [1.29, 1.82) is 0 Å². The van der Waals surface area contributed by atoms with Gasteiger partial charge in [-0.25, -0.2) is 0 Å². The summed E-state index contributed by atoms with van der Waals surface area (Å²) in [5.74, 6) is 0.311. The molecule has 0 saturated carbocycles. The van der Waals surface area contributed by atoms with Crippen LogP contribution in [0.3, 0.4) is 0 Å². The maximum atomic E-state index is 13.5. The number of H-pyrrole nitrogens is 1. The Morgan fingerprint density at radius 3 is 2.38 bits per heavy atom. The van der Waals surface area contributed by atoms with E-state index in [0.29, 0.717) is 12.1 Å². The SMILES string of the molecule is C[C@H](CN[C@H](C(=O)c1c[nH]c2ccccc12)c1ccccc1)c1ccc(Cl)cc1. The Labute approximate surface area is 175 Å². The number of aromatic amines is 1. The standard InChI is InChI=1S/C25H23ClN2O/c1-17(18-11-13-20(26)14-12-18)15-28-24(19-7-3-2-4-8-19)25(29)22-16-27-23-10-6-5-9-21(22)23/h2-14,16-17,24,27-28H,15H2,1H3/t17-,24+/m1/s1. The van der Waals surface area contributed by atoms with Crippen LogP contribution >= 0.6 is 11.6 Å². The van der Waals surface area contributed by atoms with Gasteiger partial charge in [0.1, 0.15) is 0 Å². The maximum absolute atomic E-state index is 13.5. The van der Waals surface area contributed by atoms with Gasteiger partial charge in [0, 0.05) is 34.2 Å². The first kappa shape index (κ1) is 19.4. The van der Waals surface area contributed by atoms with Crippen molar-refractivity contribution in [3.63, 3.8) is 0 Å². The summed E-state index contributed by atoms with van der Waals surface area (Å²) in [6, 6.07) is 25.3. The molecule has 4 aromatic rings.